The van der Waals surface area contributed by atoms with Gasteiger partial charge in [-0.25, -0.2) is 0 Å². The average Bonchev–Trinajstić information content (AvgIpc) is 2.61. The van der Waals surface area contributed by atoms with Crippen molar-refractivity contribution in [1.82, 2.24) is 5.32 Å². The number of hydrogen-bond acceptors (Lipinski definition) is 4. The molecule has 0 spiro atoms. The number of carbonyl (C=O) groups is 2. The molecule has 0 fully saturated rings. The van der Waals surface area contributed by atoms with Crippen LogP contribution in [0.15, 0.2) is 41.3 Å². The molecule has 0 saturated carbocycles. The summed E-state index contributed by atoms with van der Waals surface area (Å²) in [5.41, 5.74) is 1.55. The topological polar surface area (TPSA) is 67.4 Å². The second-order valence-electron chi connectivity index (χ2n) is 5.39. The molecule has 0 saturated heterocycles. The number of ether oxygens (including phenoxy) is 1. The lowest BCUT2D eigenvalue weighted by Crippen LogP contribution is -2.34. The molecule has 2 N–H and O–H groups in total. The van der Waals surface area contributed by atoms with Gasteiger partial charge in [0.05, 0.1) is 30.1 Å². The third-order valence-corrected chi connectivity index (χ3v) is 5.06. The van der Waals surface area contributed by atoms with E-state index < -0.39 is 0 Å². The van der Waals surface area contributed by atoms with Gasteiger partial charge in [-0.05, 0) is 42.8 Å². The van der Waals surface area contributed by atoms with Crippen molar-refractivity contribution < 1.29 is 14.3 Å². The lowest BCUT2D eigenvalue weighted by atomic mass is 10.2. The van der Waals surface area contributed by atoms with Gasteiger partial charge in [-0.3, -0.25) is 9.59 Å². The number of aryl methyl sites for hydroxylation is 1. The van der Waals surface area contributed by atoms with E-state index in [-0.39, 0.29) is 24.1 Å². The molecule has 0 aliphatic rings. The fourth-order valence-electron chi connectivity index (χ4n) is 2.07. The lowest BCUT2D eigenvalue weighted by Gasteiger charge is -2.11. The number of halogens is 2. The van der Waals surface area contributed by atoms with Crippen molar-refractivity contribution in [1.29, 1.82) is 0 Å². The van der Waals surface area contributed by atoms with Gasteiger partial charge in [0.15, 0.2) is 0 Å². The average molecular weight is 413 g/mol. The standard InChI is InChI=1S/C18H18Cl2N2O3S/c1-11-3-6-15(25-2)14(7-11)22-17(23)9-21-18(24)10-26-16-8-12(19)4-5-13(16)20/h3-8H,9-10H2,1-2H3,(H,21,24)(H,22,23). The van der Waals surface area contributed by atoms with Crippen LogP contribution in [0.1, 0.15) is 5.56 Å². The summed E-state index contributed by atoms with van der Waals surface area (Å²) in [6.45, 7) is 1.77. The molecule has 0 heterocycles. The van der Waals surface area contributed by atoms with Gasteiger partial charge in [0.2, 0.25) is 11.8 Å². The highest BCUT2D eigenvalue weighted by molar-refractivity contribution is 8.00. The van der Waals surface area contributed by atoms with Crippen molar-refractivity contribution in [2.45, 2.75) is 11.8 Å². The van der Waals surface area contributed by atoms with Crippen molar-refractivity contribution in [3.05, 3.63) is 52.0 Å². The van der Waals surface area contributed by atoms with E-state index >= 15 is 0 Å². The van der Waals surface area contributed by atoms with Crippen LogP contribution in [0, 0.1) is 6.92 Å². The smallest absolute Gasteiger partial charge is 0.243 e. The number of methoxy groups -OCH3 is 1. The molecule has 0 aliphatic heterocycles. The van der Waals surface area contributed by atoms with Crippen LogP contribution in [0.25, 0.3) is 0 Å². The molecule has 26 heavy (non-hydrogen) atoms. The van der Waals surface area contributed by atoms with Crippen LogP contribution in [-0.4, -0.2) is 31.2 Å². The lowest BCUT2D eigenvalue weighted by molar-refractivity contribution is -0.122. The molecule has 0 atom stereocenters. The molecule has 0 radical (unpaired) electrons. The number of amides is 2. The zero-order valence-electron chi connectivity index (χ0n) is 14.3. The summed E-state index contributed by atoms with van der Waals surface area (Å²) in [7, 11) is 1.53. The first-order valence-corrected chi connectivity index (χ1v) is 9.42. The number of rotatable bonds is 7. The van der Waals surface area contributed by atoms with E-state index in [1.54, 1.807) is 30.3 Å². The Kier molecular flexibility index (Phi) is 7.63. The molecule has 0 aromatic heterocycles. The van der Waals surface area contributed by atoms with E-state index in [4.69, 9.17) is 27.9 Å². The van der Waals surface area contributed by atoms with Crippen molar-refractivity contribution in [2.75, 3.05) is 24.7 Å². The first-order valence-electron chi connectivity index (χ1n) is 7.68. The number of thioether (sulfide) groups is 1. The van der Waals surface area contributed by atoms with E-state index in [9.17, 15) is 9.59 Å². The molecular formula is C18H18Cl2N2O3S. The van der Waals surface area contributed by atoms with Gasteiger partial charge in [0, 0.05) is 9.92 Å². The SMILES string of the molecule is COc1ccc(C)cc1NC(=O)CNC(=O)CSc1cc(Cl)ccc1Cl. The highest BCUT2D eigenvalue weighted by Crippen LogP contribution is 2.29. The summed E-state index contributed by atoms with van der Waals surface area (Å²) in [4.78, 5) is 24.7. The van der Waals surface area contributed by atoms with E-state index in [1.165, 1.54) is 18.9 Å². The summed E-state index contributed by atoms with van der Waals surface area (Å²) in [6, 6.07) is 10.5. The van der Waals surface area contributed by atoms with Crippen LogP contribution in [0.5, 0.6) is 5.75 Å². The molecule has 5 nitrogen and oxygen atoms in total. The maximum absolute atomic E-state index is 12.0. The molecule has 2 aromatic carbocycles. The summed E-state index contributed by atoms with van der Waals surface area (Å²) in [5, 5.41) is 6.36. The first-order chi connectivity index (χ1) is 12.4. The van der Waals surface area contributed by atoms with Gasteiger partial charge in [0.25, 0.3) is 0 Å². The predicted octanol–water partition coefficient (Wildman–Crippen LogP) is 4.16. The summed E-state index contributed by atoms with van der Waals surface area (Å²) in [5.74, 6) is 0.0630. The van der Waals surface area contributed by atoms with Crippen molar-refractivity contribution in [3.8, 4) is 5.75 Å². The molecule has 0 unspecified atom stereocenters. The number of carbonyl (C=O) groups excluding carboxylic acids is 2. The van der Waals surface area contributed by atoms with E-state index in [0.717, 1.165) is 5.56 Å². The zero-order valence-corrected chi connectivity index (χ0v) is 16.6. The highest BCUT2D eigenvalue weighted by Gasteiger charge is 2.11. The van der Waals surface area contributed by atoms with E-state index in [0.29, 0.717) is 26.4 Å². The molecule has 138 valence electrons. The van der Waals surface area contributed by atoms with Crippen LogP contribution < -0.4 is 15.4 Å². The monoisotopic (exact) mass is 412 g/mol. The van der Waals surface area contributed by atoms with Crippen LogP contribution in [0.4, 0.5) is 5.69 Å². The van der Waals surface area contributed by atoms with Crippen molar-refractivity contribution in [3.63, 3.8) is 0 Å². The molecular weight excluding hydrogens is 395 g/mol. The Bertz CT molecular complexity index is 815. The Hall–Kier alpha value is -1.89. The quantitative estimate of drug-likeness (QED) is 0.669. The summed E-state index contributed by atoms with van der Waals surface area (Å²) in [6.07, 6.45) is 0. The van der Waals surface area contributed by atoms with Crippen molar-refractivity contribution in [2.24, 2.45) is 0 Å². The second-order valence-corrected chi connectivity index (χ2v) is 7.25. The van der Waals surface area contributed by atoms with Gasteiger partial charge in [-0.15, -0.1) is 11.8 Å². The normalized spacial score (nSPS) is 10.3. The van der Waals surface area contributed by atoms with Crippen LogP contribution >= 0.6 is 35.0 Å². The predicted molar refractivity (Wildman–Crippen MR) is 107 cm³/mol. The third kappa shape index (κ3) is 6.12. The number of hydrogen-bond donors (Lipinski definition) is 2. The molecule has 0 aliphatic carbocycles. The fraction of sp³-hybridized carbons (Fsp3) is 0.222. The van der Waals surface area contributed by atoms with Gasteiger partial charge >= 0.3 is 0 Å². The zero-order chi connectivity index (χ0) is 19.1. The second kappa shape index (κ2) is 9.71. The van der Waals surface area contributed by atoms with E-state index in [2.05, 4.69) is 10.6 Å². The minimum absolute atomic E-state index is 0.126. The van der Waals surface area contributed by atoms with Crippen LogP contribution in [0.3, 0.4) is 0 Å². The van der Waals surface area contributed by atoms with Gasteiger partial charge in [-0.2, -0.15) is 0 Å². The Morgan fingerprint density at radius 2 is 1.88 bits per heavy atom. The molecule has 2 amide bonds. The minimum atomic E-state index is -0.340. The first kappa shape index (κ1) is 20.4. The van der Waals surface area contributed by atoms with Gasteiger partial charge in [-0.1, -0.05) is 29.3 Å². The van der Waals surface area contributed by atoms with Crippen LogP contribution in [0.2, 0.25) is 10.0 Å². The highest BCUT2D eigenvalue weighted by atomic mass is 35.5. The Morgan fingerprint density at radius 3 is 2.62 bits per heavy atom. The summed E-state index contributed by atoms with van der Waals surface area (Å²) < 4.78 is 5.21. The Labute approximate surface area is 166 Å². The molecule has 0 bridgehead atoms. The summed E-state index contributed by atoms with van der Waals surface area (Å²) >= 11 is 13.2. The number of nitrogens with one attached hydrogen (secondary N) is 2. The minimum Gasteiger partial charge on any atom is -0.495 e. The maximum Gasteiger partial charge on any atom is 0.243 e. The molecule has 8 heteroatoms. The Morgan fingerprint density at radius 1 is 1.12 bits per heavy atom. The number of anilines is 1. The molecule has 2 aromatic rings. The van der Waals surface area contributed by atoms with E-state index in [1.807, 2.05) is 13.0 Å². The van der Waals surface area contributed by atoms with Crippen molar-refractivity contribution >= 4 is 52.5 Å². The fourth-order valence-corrected chi connectivity index (χ4v) is 3.40. The Balaban J connectivity index is 1.82. The van der Waals surface area contributed by atoms with Gasteiger partial charge in [0.1, 0.15) is 5.75 Å². The third-order valence-electron chi connectivity index (χ3n) is 3.33. The molecule has 2 rings (SSSR count). The number of benzene rings is 2. The van der Waals surface area contributed by atoms with Crippen LogP contribution in [-0.2, 0) is 9.59 Å². The maximum atomic E-state index is 12.0. The largest absolute Gasteiger partial charge is 0.495 e. The van der Waals surface area contributed by atoms with Gasteiger partial charge < -0.3 is 15.4 Å².